The fourth-order valence-electron chi connectivity index (χ4n) is 2.97. The van der Waals surface area contributed by atoms with Gasteiger partial charge in [0.1, 0.15) is 0 Å². The Hall–Kier alpha value is -1.59. The van der Waals surface area contributed by atoms with Gasteiger partial charge in [-0.1, -0.05) is 12.1 Å². The number of nitrogens with one attached hydrogen (secondary N) is 4. The highest BCUT2D eigenvalue weighted by atomic mass is 127. The maximum Gasteiger partial charge on any atom is 0.319 e. The molecule has 0 spiro atoms. The Balaban J connectivity index is 0.00000450. The van der Waals surface area contributed by atoms with Gasteiger partial charge >= 0.3 is 6.03 Å². The molecular formula is C21H37IN6O2. The predicted octanol–water partition coefficient (Wildman–Crippen LogP) is 2.61. The summed E-state index contributed by atoms with van der Waals surface area (Å²) in [7, 11) is 0. The molecule has 0 unspecified atom stereocenters. The van der Waals surface area contributed by atoms with Gasteiger partial charge in [0.15, 0.2) is 5.96 Å². The molecule has 0 atom stereocenters. The number of aliphatic imine (C=N–C) groups is 1. The smallest absolute Gasteiger partial charge is 0.319 e. The van der Waals surface area contributed by atoms with Crippen molar-refractivity contribution in [3.8, 4) is 0 Å². The van der Waals surface area contributed by atoms with Gasteiger partial charge in [0, 0.05) is 37.9 Å². The van der Waals surface area contributed by atoms with E-state index in [0.29, 0.717) is 6.54 Å². The number of benzene rings is 1. The Morgan fingerprint density at radius 2 is 1.87 bits per heavy atom. The van der Waals surface area contributed by atoms with E-state index in [9.17, 15) is 4.79 Å². The van der Waals surface area contributed by atoms with Gasteiger partial charge in [0.25, 0.3) is 0 Å². The number of carbonyl (C=O) groups is 1. The third kappa shape index (κ3) is 11.0. The average Bonchev–Trinajstić information content (AvgIpc) is 2.70. The molecule has 170 valence electrons. The molecule has 1 fully saturated rings. The van der Waals surface area contributed by atoms with Crippen molar-refractivity contribution in [2.45, 2.75) is 39.8 Å². The van der Waals surface area contributed by atoms with E-state index in [0.717, 1.165) is 69.6 Å². The van der Waals surface area contributed by atoms with Crippen molar-refractivity contribution >= 4 is 41.7 Å². The van der Waals surface area contributed by atoms with Crippen LogP contribution in [-0.4, -0.2) is 68.9 Å². The SMILES string of the molecule is CCNC(=NCc1ccc(NC(=O)NC(C)C)cc1)NCCCN1CCOCC1.I. The molecule has 0 aliphatic carbocycles. The third-order valence-electron chi connectivity index (χ3n) is 4.44. The first-order valence-electron chi connectivity index (χ1n) is 10.6. The van der Waals surface area contributed by atoms with E-state index in [1.807, 2.05) is 38.1 Å². The number of rotatable bonds is 9. The highest BCUT2D eigenvalue weighted by molar-refractivity contribution is 14.0. The molecule has 0 bridgehead atoms. The van der Waals surface area contributed by atoms with E-state index in [1.54, 1.807) is 0 Å². The van der Waals surface area contributed by atoms with Crippen LogP contribution in [0.4, 0.5) is 10.5 Å². The summed E-state index contributed by atoms with van der Waals surface area (Å²) in [5.41, 5.74) is 1.86. The van der Waals surface area contributed by atoms with Crippen LogP contribution in [0.5, 0.6) is 0 Å². The largest absolute Gasteiger partial charge is 0.379 e. The molecule has 4 N–H and O–H groups in total. The number of anilines is 1. The summed E-state index contributed by atoms with van der Waals surface area (Å²) < 4.78 is 5.38. The van der Waals surface area contributed by atoms with Gasteiger partial charge in [0.2, 0.25) is 0 Å². The molecule has 1 saturated heterocycles. The maximum atomic E-state index is 11.8. The van der Waals surface area contributed by atoms with Gasteiger partial charge in [-0.3, -0.25) is 4.90 Å². The van der Waals surface area contributed by atoms with Crippen molar-refractivity contribution in [1.29, 1.82) is 0 Å². The number of hydrogen-bond donors (Lipinski definition) is 4. The van der Waals surface area contributed by atoms with Gasteiger partial charge in [-0.25, -0.2) is 9.79 Å². The zero-order chi connectivity index (χ0) is 20.9. The zero-order valence-electron chi connectivity index (χ0n) is 18.4. The Kier molecular flexibility index (Phi) is 13.4. The van der Waals surface area contributed by atoms with Crippen LogP contribution in [0.3, 0.4) is 0 Å². The number of guanidine groups is 1. The molecule has 1 aromatic carbocycles. The lowest BCUT2D eigenvalue weighted by atomic mass is 10.2. The summed E-state index contributed by atoms with van der Waals surface area (Å²) >= 11 is 0. The number of hydrogen-bond acceptors (Lipinski definition) is 4. The topological polar surface area (TPSA) is 90.0 Å². The minimum Gasteiger partial charge on any atom is -0.379 e. The van der Waals surface area contributed by atoms with E-state index in [-0.39, 0.29) is 36.0 Å². The fourth-order valence-corrected chi connectivity index (χ4v) is 2.97. The van der Waals surface area contributed by atoms with Crippen molar-refractivity contribution in [2.24, 2.45) is 4.99 Å². The van der Waals surface area contributed by atoms with Gasteiger partial charge in [0.05, 0.1) is 19.8 Å². The summed E-state index contributed by atoms with van der Waals surface area (Å²) in [6, 6.07) is 7.67. The van der Waals surface area contributed by atoms with Crippen LogP contribution < -0.4 is 21.3 Å². The minimum absolute atomic E-state index is 0. The molecule has 1 aromatic rings. The number of amides is 2. The predicted molar refractivity (Wildman–Crippen MR) is 134 cm³/mol. The third-order valence-corrected chi connectivity index (χ3v) is 4.44. The van der Waals surface area contributed by atoms with E-state index in [2.05, 4.69) is 38.1 Å². The van der Waals surface area contributed by atoms with Crippen LogP contribution in [0.25, 0.3) is 0 Å². The number of carbonyl (C=O) groups excluding carboxylic acids is 1. The molecule has 1 aliphatic heterocycles. The van der Waals surface area contributed by atoms with Crippen molar-refractivity contribution < 1.29 is 9.53 Å². The molecule has 0 aromatic heterocycles. The Labute approximate surface area is 197 Å². The van der Waals surface area contributed by atoms with Crippen LogP contribution in [-0.2, 0) is 11.3 Å². The van der Waals surface area contributed by atoms with Crippen molar-refractivity contribution in [3.63, 3.8) is 0 Å². The molecule has 2 rings (SSSR count). The van der Waals surface area contributed by atoms with Gasteiger partial charge < -0.3 is 26.0 Å². The van der Waals surface area contributed by atoms with Crippen molar-refractivity contribution in [2.75, 3.05) is 51.3 Å². The Morgan fingerprint density at radius 3 is 2.50 bits per heavy atom. The highest BCUT2D eigenvalue weighted by Gasteiger charge is 2.09. The second-order valence-electron chi connectivity index (χ2n) is 7.38. The van der Waals surface area contributed by atoms with E-state index in [1.165, 1.54) is 0 Å². The number of urea groups is 1. The summed E-state index contributed by atoms with van der Waals surface area (Å²) in [6.07, 6.45) is 1.07. The lowest BCUT2D eigenvalue weighted by Crippen LogP contribution is -2.40. The summed E-state index contributed by atoms with van der Waals surface area (Å²) in [4.78, 5) is 18.8. The molecule has 8 nitrogen and oxygen atoms in total. The van der Waals surface area contributed by atoms with E-state index in [4.69, 9.17) is 4.74 Å². The maximum absolute atomic E-state index is 11.8. The van der Waals surface area contributed by atoms with Crippen molar-refractivity contribution in [3.05, 3.63) is 29.8 Å². The minimum atomic E-state index is -0.193. The number of morpholine rings is 1. The first-order chi connectivity index (χ1) is 14.1. The number of halogens is 1. The standard InChI is InChI=1S/C21H36N6O2.HI/c1-4-22-20(23-10-5-11-27-12-14-29-15-13-27)24-16-18-6-8-19(9-7-18)26-21(28)25-17(2)3;/h6-9,17H,4-5,10-16H2,1-3H3,(H2,22,23,24)(H2,25,26,28);1H. The lowest BCUT2D eigenvalue weighted by Gasteiger charge is -2.26. The van der Waals surface area contributed by atoms with Gasteiger partial charge in [-0.2, -0.15) is 0 Å². The van der Waals surface area contributed by atoms with Crippen LogP contribution in [0.15, 0.2) is 29.3 Å². The second-order valence-corrected chi connectivity index (χ2v) is 7.38. The lowest BCUT2D eigenvalue weighted by molar-refractivity contribution is 0.0376. The summed E-state index contributed by atoms with van der Waals surface area (Å²) in [6.45, 7) is 13.0. The second kappa shape index (κ2) is 15.2. The fraction of sp³-hybridized carbons (Fsp3) is 0.619. The monoisotopic (exact) mass is 532 g/mol. The van der Waals surface area contributed by atoms with E-state index >= 15 is 0 Å². The quantitative estimate of drug-likeness (QED) is 0.170. The zero-order valence-corrected chi connectivity index (χ0v) is 20.7. The van der Waals surface area contributed by atoms with Crippen LogP contribution in [0.2, 0.25) is 0 Å². The first kappa shape index (κ1) is 26.4. The average molecular weight is 532 g/mol. The van der Waals surface area contributed by atoms with Gasteiger partial charge in [-0.15, -0.1) is 24.0 Å². The van der Waals surface area contributed by atoms with E-state index < -0.39 is 0 Å². The number of nitrogens with zero attached hydrogens (tertiary/aromatic N) is 2. The summed E-state index contributed by atoms with van der Waals surface area (Å²) in [5.74, 6) is 0.827. The molecule has 1 aliphatic rings. The summed E-state index contributed by atoms with van der Waals surface area (Å²) in [5, 5.41) is 12.3. The van der Waals surface area contributed by atoms with Crippen molar-refractivity contribution in [1.82, 2.24) is 20.9 Å². The van der Waals surface area contributed by atoms with Crippen LogP contribution >= 0.6 is 24.0 Å². The highest BCUT2D eigenvalue weighted by Crippen LogP contribution is 2.10. The Bertz CT molecular complexity index is 633. The molecule has 30 heavy (non-hydrogen) atoms. The molecular weight excluding hydrogens is 495 g/mol. The normalized spacial score (nSPS) is 14.7. The molecule has 9 heteroatoms. The molecule has 2 amide bonds. The number of ether oxygens (including phenoxy) is 1. The van der Waals surface area contributed by atoms with Crippen LogP contribution in [0, 0.1) is 0 Å². The molecule has 0 saturated carbocycles. The van der Waals surface area contributed by atoms with Crippen LogP contribution in [0.1, 0.15) is 32.8 Å². The molecule has 0 radical (unpaired) electrons. The molecule has 1 heterocycles. The Morgan fingerprint density at radius 1 is 1.17 bits per heavy atom. The first-order valence-corrected chi connectivity index (χ1v) is 10.6. The van der Waals surface area contributed by atoms with Gasteiger partial charge in [-0.05, 0) is 51.4 Å².